The van der Waals surface area contributed by atoms with Gasteiger partial charge in [0.1, 0.15) is 11.5 Å². The standard InChI is InChI=1S/C12H16O3/c1-7-5-11-9(3-4-15-11)10(12(7)14)6-8(2)13/h5,8,13-14H,3-4,6H2,1-2H3. The van der Waals surface area contributed by atoms with Gasteiger partial charge in [-0.3, -0.25) is 0 Å². The molecule has 1 aliphatic rings. The molecule has 1 aliphatic heterocycles. The molecule has 0 radical (unpaired) electrons. The van der Waals surface area contributed by atoms with Crippen LogP contribution in [0.2, 0.25) is 0 Å². The zero-order chi connectivity index (χ0) is 11.0. The number of ether oxygens (including phenoxy) is 1. The van der Waals surface area contributed by atoms with Crippen LogP contribution in [0.1, 0.15) is 23.6 Å². The van der Waals surface area contributed by atoms with Crippen molar-refractivity contribution in [2.24, 2.45) is 0 Å². The van der Waals surface area contributed by atoms with Crippen LogP contribution in [0.4, 0.5) is 0 Å². The monoisotopic (exact) mass is 208 g/mol. The second-order valence-corrected chi connectivity index (χ2v) is 4.15. The summed E-state index contributed by atoms with van der Waals surface area (Å²) in [6, 6.07) is 1.86. The Balaban J connectivity index is 2.50. The quantitative estimate of drug-likeness (QED) is 0.775. The lowest BCUT2D eigenvalue weighted by atomic mass is 9.96. The summed E-state index contributed by atoms with van der Waals surface area (Å²) in [5.74, 6) is 1.17. The van der Waals surface area contributed by atoms with Gasteiger partial charge >= 0.3 is 0 Å². The molecule has 1 aromatic carbocycles. The lowest BCUT2D eigenvalue weighted by molar-refractivity contribution is 0.194. The lowest BCUT2D eigenvalue weighted by Gasteiger charge is -2.13. The number of rotatable bonds is 2. The smallest absolute Gasteiger partial charge is 0.123 e. The summed E-state index contributed by atoms with van der Waals surface area (Å²) >= 11 is 0. The molecule has 1 atom stereocenters. The number of hydrogen-bond acceptors (Lipinski definition) is 3. The highest BCUT2D eigenvalue weighted by Gasteiger charge is 2.21. The maximum atomic E-state index is 9.94. The molecule has 0 bridgehead atoms. The number of phenolic OH excluding ortho intramolecular Hbond substituents is 1. The highest BCUT2D eigenvalue weighted by atomic mass is 16.5. The molecule has 3 heteroatoms. The number of hydrogen-bond donors (Lipinski definition) is 2. The largest absolute Gasteiger partial charge is 0.507 e. The third-order valence-electron chi connectivity index (χ3n) is 2.78. The highest BCUT2D eigenvalue weighted by molar-refractivity contribution is 5.54. The minimum atomic E-state index is -0.442. The molecule has 15 heavy (non-hydrogen) atoms. The van der Waals surface area contributed by atoms with E-state index in [1.807, 2.05) is 13.0 Å². The van der Waals surface area contributed by atoms with Gasteiger partial charge in [-0.1, -0.05) is 0 Å². The fraction of sp³-hybridized carbons (Fsp3) is 0.500. The molecular weight excluding hydrogens is 192 g/mol. The van der Waals surface area contributed by atoms with E-state index in [2.05, 4.69) is 0 Å². The summed E-state index contributed by atoms with van der Waals surface area (Å²) in [6.45, 7) is 4.25. The van der Waals surface area contributed by atoms with Gasteiger partial charge in [-0.05, 0) is 25.5 Å². The van der Waals surface area contributed by atoms with Gasteiger partial charge in [0.25, 0.3) is 0 Å². The summed E-state index contributed by atoms with van der Waals surface area (Å²) in [4.78, 5) is 0. The Kier molecular flexibility index (Phi) is 2.57. The molecule has 2 rings (SSSR count). The van der Waals surface area contributed by atoms with Crippen molar-refractivity contribution in [2.75, 3.05) is 6.61 Å². The summed E-state index contributed by atoms with van der Waals surface area (Å²) in [7, 11) is 0. The van der Waals surface area contributed by atoms with Gasteiger partial charge in [-0.2, -0.15) is 0 Å². The molecule has 0 amide bonds. The van der Waals surface area contributed by atoms with Crippen molar-refractivity contribution in [3.05, 3.63) is 22.8 Å². The number of benzene rings is 1. The zero-order valence-corrected chi connectivity index (χ0v) is 9.08. The van der Waals surface area contributed by atoms with Crippen LogP contribution in [0.25, 0.3) is 0 Å². The van der Waals surface area contributed by atoms with E-state index in [1.165, 1.54) is 0 Å². The molecule has 0 aromatic heterocycles. The second kappa shape index (κ2) is 3.74. The van der Waals surface area contributed by atoms with E-state index in [4.69, 9.17) is 4.74 Å². The van der Waals surface area contributed by atoms with Crippen molar-refractivity contribution >= 4 is 0 Å². The maximum Gasteiger partial charge on any atom is 0.123 e. The summed E-state index contributed by atoms with van der Waals surface area (Å²) in [5.41, 5.74) is 2.71. The minimum absolute atomic E-state index is 0.306. The molecule has 3 nitrogen and oxygen atoms in total. The Bertz CT molecular complexity index is 383. The van der Waals surface area contributed by atoms with Crippen molar-refractivity contribution in [2.45, 2.75) is 32.8 Å². The molecule has 0 saturated carbocycles. The van der Waals surface area contributed by atoms with Crippen molar-refractivity contribution in [3.63, 3.8) is 0 Å². The number of fused-ring (bicyclic) bond motifs is 1. The van der Waals surface area contributed by atoms with E-state index in [9.17, 15) is 10.2 Å². The molecule has 0 fully saturated rings. The van der Waals surface area contributed by atoms with Crippen LogP contribution >= 0.6 is 0 Å². The average molecular weight is 208 g/mol. The first-order valence-electron chi connectivity index (χ1n) is 5.24. The van der Waals surface area contributed by atoms with Crippen LogP contribution in [-0.2, 0) is 12.8 Å². The van der Waals surface area contributed by atoms with Crippen LogP contribution in [0, 0.1) is 6.92 Å². The molecule has 0 spiro atoms. The lowest BCUT2D eigenvalue weighted by Crippen LogP contribution is -2.07. The highest BCUT2D eigenvalue weighted by Crippen LogP contribution is 2.37. The Labute approximate surface area is 89.3 Å². The Morgan fingerprint density at radius 2 is 2.27 bits per heavy atom. The Morgan fingerprint density at radius 3 is 2.93 bits per heavy atom. The normalized spacial score (nSPS) is 15.9. The van der Waals surface area contributed by atoms with Crippen LogP contribution in [0.5, 0.6) is 11.5 Å². The van der Waals surface area contributed by atoms with E-state index in [0.29, 0.717) is 18.8 Å². The van der Waals surface area contributed by atoms with Gasteiger partial charge in [-0.15, -0.1) is 0 Å². The first-order chi connectivity index (χ1) is 7.09. The van der Waals surface area contributed by atoms with E-state index in [-0.39, 0.29) is 0 Å². The van der Waals surface area contributed by atoms with Crippen molar-refractivity contribution in [1.29, 1.82) is 0 Å². The van der Waals surface area contributed by atoms with Crippen molar-refractivity contribution < 1.29 is 14.9 Å². The van der Waals surface area contributed by atoms with Gasteiger partial charge in [0.2, 0.25) is 0 Å². The molecule has 82 valence electrons. The molecule has 1 unspecified atom stereocenters. The van der Waals surface area contributed by atoms with Crippen LogP contribution < -0.4 is 4.74 Å². The van der Waals surface area contributed by atoms with E-state index in [0.717, 1.165) is 28.9 Å². The number of aromatic hydroxyl groups is 1. The molecule has 0 saturated heterocycles. The number of phenols is 1. The van der Waals surface area contributed by atoms with Crippen molar-refractivity contribution in [1.82, 2.24) is 0 Å². The topological polar surface area (TPSA) is 49.7 Å². The summed E-state index contributed by atoms with van der Waals surface area (Å²) in [6.07, 6.45) is 0.868. The van der Waals surface area contributed by atoms with Crippen LogP contribution in [-0.4, -0.2) is 22.9 Å². The molecule has 0 aliphatic carbocycles. The fourth-order valence-corrected chi connectivity index (χ4v) is 2.06. The second-order valence-electron chi connectivity index (χ2n) is 4.15. The summed E-state index contributed by atoms with van der Waals surface area (Å²) in [5, 5.41) is 19.3. The van der Waals surface area contributed by atoms with E-state index >= 15 is 0 Å². The van der Waals surface area contributed by atoms with Crippen LogP contribution in [0.15, 0.2) is 6.07 Å². The Morgan fingerprint density at radius 1 is 1.53 bits per heavy atom. The minimum Gasteiger partial charge on any atom is -0.507 e. The van der Waals surface area contributed by atoms with Gasteiger partial charge in [0, 0.05) is 24.0 Å². The average Bonchev–Trinajstić information content (AvgIpc) is 2.59. The molecule has 1 heterocycles. The number of aryl methyl sites for hydroxylation is 1. The van der Waals surface area contributed by atoms with E-state index in [1.54, 1.807) is 6.92 Å². The SMILES string of the molecule is Cc1cc2c(c(CC(C)O)c1O)CCO2. The van der Waals surface area contributed by atoms with Crippen LogP contribution in [0.3, 0.4) is 0 Å². The third-order valence-corrected chi connectivity index (χ3v) is 2.78. The molecular formula is C12H16O3. The third kappa shape index (κ3) is 1.79. The molecule has 1 aromatic rings. The predicted octanol–water partition coefficient (Wildman–Crippen LogP) is 1.56. The first-order valence-corrected chi connectivity index (χ1v) is 5.24. The Hall–Kier alpha value is -1.22. The van der Waals surface area contributed by atoms with Gasteiger partial charge in [0.05, 0.1) is 12.7 Å². The van der Waals surface area contributed by atoms with Crippen molar-refractivity contribution in [3.8, 4) is 11.5 Å². The van der Waals surface area contributed by atoms with E-state index < -0.39 is 6.10 Å². The van der Waals surface area contributed by atoms with Gasteiger partial charge in [-0.25, -0.2) is 0 Å². The molecule has 2 N–H and O–H groups in total. The number of aliphatic hydroxyl groups excluding tert-OH is 1. The first kappa shape index (κ1) is 10.3. The fourth-order valence-electron chi connectivity index (χ4n) is 2.06. The maximum absolute atomic E-state index is 9.94. The van der Waals surface area contributed by atoms with Gasteiger partial charge in [0.15, 0.2) is 0 Å². The summed E-state index contributed by atoms with van der Waals surface area (Å²) < 4.78 is 5.46. The zero-order valence-electron chi connectivity index (χ0n) is 9.08. The van der Waals surface area contributed by atoms with Gasteiger partial charge < -0.3 is 14.9 Å². The number of aliphatic hydroxyl groups is 1. The predicted molar refractivity (Wildman–Crippen MR) is 57.4 cm³/mol.